The van der Waals surface area contributed by atoms with E-state index in [-0.39, 0.29) is 5.82 Å². The van der Waals surface area contributed by atoms with Crippen LogP contribution in [0.3, 0.4) is 0 Å². The van der Waals surface area contributed by atoms with Crippen LogP contribution in [0.1, 0.15) is 19.5 Å². The first-order chi connectivity index (χ1) is 5.99. The van der Waals surface area contributed by atoms with E-state index in [0.717, 1.165) is 0 Å². The van der Waals surface area contributed by atoms with Crippen molar-refractivity contribution in [2.24, 2.45) is 0 Å². The van der Waals surface area contributed by atoms with Gasteiger partial charge in [-0.1, -0.05) is 5.92 Å². The maximum absolute atomic E-state index is 9.31. The highest BCUT2D eigenvalue weighted by Crippen LogP contribution is 2.02. The zero-order valence-corrected chi connectivity index (χ0v) is 7.57. The molecule has 0 saturated heterocycles. The molecule has 0 aliphatic carbocycles. The van der Waals surface area contributed by atoms with Crippen molar-refractivity contribution in [3.8, 4) is 11.8 Å². The van der Waals surface area contributed by atoms with E-state index in [0.29, 0.717) is 5.69 Å². The van der Waals surface area contributed by atoms with Gasteiger partial charge in [-0.25, -0.2) is 9.97 Å². The summed E-state index contributed by atoms with van der Waals surface area (Å²) in [6.07, 6.45) is 3.00. The molecule has 0 spiro atoms. The molecule has 13 heavy (non-hydrogen) atoms. The van der Waals surface area contributed by atoms with Crippen LogP contribution in [-0.2, 0) is 0 Å². The van der Waals surface area contributed by atoms with Crippen molar-refractivity contribution in [1.82, 2.24) is 9.97 Å². The molecule has 0 bridgehead atoms. The van der Waals surface area contributed by atoms with E-state index in [1.807, 2.05) is 0 Å². The lowest BCUT2D eigenvalue weighted by atomic mass is 10.1. The maximum Gasteiger partial charge on any atom is 0.158 e. The fourth-order valence-corrected chi connectivity index (χ4v) is 0.657. The molecule has 3 N–H and O–H groups in total. The molecule has 0 radical (unpaired) electrons. The minimum absolute atomic E-state index is 0.277. The van der Waals surface area contributed by atoms with E-state index >= 15 is 0 Å². The lowest BCUT2D eigenvalue weighted by Crippen LogP contribution is -2.14. The van der Waals surface area contributed by atoms with Crippen molar-refractivity contribution in [2.75, 3.05) is 5.73 Å². The highest BCUT2D eigenvalue weighted by atomic mass is 16.3. The van der Waals surface area contributed by atoms with Gasteiger partial charge in [0.05, 0.1) is 0 Å². The van der Waals surface area contributed by atoms with Gasteiger partial charge in [0.1, 0.15) is 5.60 Å². The van der Waals surface area contributed by atoms with Crippen LogP contribution in [0.2, 0.25) is 0 Å². The molecule has 0 atom stereocenters. The Hall–Kier alpha value is -1.60. The Bertz CT molecular complexity index is 357. The topological polar surface area (TPSA) is 72.0 Å². The highest BCUT2D eigenvalue weighted by molar-refractivity contribution is 5.45. The summed E-state index contributed by atoms with van der Waals surface area (Å²) in [4.78, 5) is 7.72. The van der Waals surface area contributed by atoms with Gasteiger partial charge in [0.15, 0.2) is 11.5 Å². The second-order valence-corrected chi connectivity index (χ2v) is 3.10. The average Bonchev–Trinajstić information content (AvgIpc) is 2.01. The molecule has 1 heterocycles. The summed E-state index contributed by atoms with van der Waals surface area (Å²) in [5.41, 5.74) is 4.85. The lowest BCUT2D eigenvalue weighted by Gasteiger charge is -2.05. The van der Waals surface area contributed by atoms with Crippen molar-refractivity contribution in [3.05, 3.63) is 18.1 Å². The van der Waals surface area contributed by atoms with Crippen LogP contribution in [0, 0.1) is 11.8 Å². The molecule has 4 heteroatoms. The first-order valence-corrected chi connectivity index (χ1v) is 3.81. The molecule has 0 amide bonds. The van der Waals surface area contributed by atoms with Crippen LogP contribution >= 0.6 is 0 Å². The number of aliphatic hydroxyl groups is 1. The average molecular weight is 177 g/mol. The summed E-state index contributed by atoms with van der Waals surface area (Å²) in [5.74, 6) is 5.53. The molecule has 1 rings (SSSR count). The standard InChI is InChI=1S/C9H11N3O/c1-9(2,13)4-3-7-8(10)12-6-5-11-7/h5-6,13H,1-2H3,(H2,10,12). The van der Waals surface area contributed by atoms with Gasteiger partial charge in [0.2, 0.25) is 0 Å². The lowest BCUT2D eigenvalue weighted by molar-refractivity contribution is 0.143. The largest absolute Gasteiger partial charge is 0.381 e. The Kier molecular flexibility index (Phi) is 2.49. The number of hydrogen-bond donors (Lipinski definition) is 2. The fraction of sp³-hybridized carbons (Fsp3) is 0.333. The van der Waals surface area contributed by atoms with Crippen LogP contribution in [0.5, 0.6) is 0 Å². The number of anilines is 1. The second-order valence-electron chi connectivity index (χ2n) is 3.10. The quantitative estimate of drug-likeness (QED) is 0.554. The molecule has 0 aromatic carbocycles. The number of nitrogen functional groups attached to an aromatic ring is 1. The molecule has 0 fully saturated rings. The van der Waals surface area contributed by atoms with Gasteiger partial charge >= 0.3 is 0 Å². The summed E-state index contributed by atoms with van der Waals surface area (Å²) in [5, 5.41) is 9.31. The molecule has 0 aliphatic rings. The predicted octanol–water partition coefficient (Wildman–Crippen LogP) is 0.181. The summed E-state index contributed by atoms with van der Waals surface area (Å²) in [6.45, 7) is 3.18. The van der Waals surface area contributed by atoms with Gasteiger partial charge in [-0.2, -0.15) is 0 Å². The van der Waals surface area contributed by atoms with Gasteiger partial charge < -0.3 is 10.8 Å². The van der Waals surface area contributed by atoms with Crippen molar-refractivity contribution in [1.29, 1.82) is 0 Å². The third kappa shape index (κ3) is 3.09. The second kappa shape index (κ2) is 3.42. The van der Waals surface area contributed by atoms with Crippen LogP contribution in [0.15, 0.2) is 12.4 Å². The Morgan fingerprint density at radius 3 is 2.54 bits per heavy atom. The third-order valence-electron chi connectivity index (χ3n) is 1.21. The first-order valence-electron chi connectivity index (χ1n) is 3.81. The highest BCUT2D eigenvalue weighted by Gasteiger charge is 2.06. The molecule has 0 unspecified atom stereocenters. The molecular formula is C9H11N3O. The summed E-state index contributed by atoms with van der Waals surface area (Å²) >= 11 is 0. The van der Waals surface area contributed by atoms with Gasteiger partial charge in [0, 0.05) is 12.4 Å². The number of nitrogens with two attached hydrogens (primary N) is 1. The van der Waals surface area contributed by atoms with Gasteiger partial charge in [-0.3, -0.25) is 0 Å². The van der Waals surface area contributed by atoms with E-state index in [2.05, 4.69) is 21.8 Å². The van der Waals surface area contributed by atoms with Gasteiger partial charge in [0.25, 0.3) is 0 Å². The fourth-order valence-electron chi connectivity index (χ4n) is 0.657. The van der Waals surface area contributed by atoms with Crippen LogP contribution in [-0.4, -0.2) is 20.7 Å². The minimum Gasteiger partial charge on any atom is -0.381 e. The van der Waals surface area contributed by atoms with Gasteiger partial charge in [-0.05, 0) is 19.8 Å². The summed E-state index contributed by atoms with van der Waals surface area (Å²) in [7, 11) is 0. The Balaban J connectivity index is 2.97. The molecular weight excluding hydrogens is 166 g/mol. The first kappa shape index (κ1) is 9.49. The minimum atomic E-state index is -1.04. The zero-order valence-electron chi connectivity index (χ0n) is 7.57. The SMILES string of the molecule is CC(C)(O)C#Cc1nccnc1N. The molecule has 0 aliphatic heterocycles. The Labute approximate surface area is 76.8 Å². The Morgan fingerprint density at radius 1 is 1.38 bits per heavy atom. The van der Waals surface area contributed by atoms with E-state index in [1.165, 1.54) is 12.4 Å². The molecule has 1 aromatic heterocycles. The number of nitrogens with zero attached hydrogens (tertiary/aromatic N) is 2. The van der Waals surface area contributed by atoms with Crippen LogP contribution in [0.25, 0.3) is 0 Å². The van der Waals surface area contributed by atoms with Crippen molar-refractivity contribution >= 4 is 5.82 Å². The maximum atomic E-state index is 9.31. The van der Waals surface area contributed by atoms with Crippen molar-refractivity contribution in [2.45, 2.75) is 19.4 Å². The monoisotopic (exact) mass is 177 g/mol. The van der Waals surface area contributed by atoms with Crippen LogP contribution in [0.4, 0.5) is 5.82 Å². The van der Waals surface area contributed by atoms with E-state index in [4.69, 9.17) is 5.73 Å². The summed E-state index contributed by atoms with van der Waals surface area (Å²) < 4.78 is 0. The molecule has 68 valence electrons. The number of aromatic nitrogens is 2. The molecule has 4 nitrogen and oxygen atoms in total. The van der Waals surface area contributed by atoms with Crippen LogP contribution < -0.4 is 5.73 Å². The molecule has 0 saturated carbocycles. The van der Waals surface area contributed by atoms with E-state index in [1.54, 1.807) is 13.8 Å². The van der Waals surface area contributed by atoms with E-state index < -0.39 is 5.60 Å². The number of rotatable bonds is 0. The normalized spacial score (nSPS) is 10.4. The molecule has 1 aromatic rings. The van der Waals surface area contributed by atoms with Gasteiger partial charge in [-0.15, -0.1) is 0 Å². The number of hydrogen-bond acceptors (Lipinski definition) is 4. The Morgan fingerprint density at radius 2 is 2.00 bits per heavy atom. The zero-order chi connectivity index (χ0) is 9.90. The van der Waals surface area contributed by atoms with E-state index in [9.17, 15) is 5.11 Å². The van der Waals surface area contributed by atoms with Crippen molar-refractivity contribution < 1.29 is 5.11 Å². The predicted molar refractivity (Wildman–Crippen MR) is 49.6 cm³/mol. The summed E-state index contributed by atoms with van der Waals surface area (Å²) in [6, 6.07) is 0. The smallest absolute Gasteiger partial charge is 0.158 e. The third-order valence-corrected chi connectivity index (χ3v) is 1.21. The van der Waals surface area contributed by atoms with Crippen molar-refractivity contribution in [3.63, 3.8) is 0 Å².